The van der Waals surface area contributed by atoms with E-state index >= 15 is 0 Å². The van der Waals surface area contributed by atoms with Gasteiger partial charge in [-0.2, -0.15) is 0 Å². The number of nitrogens with zero attached hydrogens (tertiary/aromatic N) is 2. The minimum Gasteiger partial charge on any atom is -0.548 e. The van der Waals surface area contributed by atoms with Crippen LogP contribution in [0.4, 0.5) is 0 Å². The zero-order valence-electron chi connectivity index (χ0n) is 35.9. The van der Waals surface area contributed by atoms with Gasteiger partial charge >= 0.3 is 80.9 Å². The van der Waals surface area contributed by atoms with E-state index in [9.17, 15) is 19.8 Å². The van der Waals surface area contributed by atoms with E-state index in [1.807, 2.05) is 102 Å². The van der Waals surface area contributed by atoms with Crippen LogP contribution in [0.5, 0.6) is 0 Å². The van der Waals surface area contributed by atoms with Gasteiger partial charge in [0.05, 0.1) is 24.0 Å². The third kappa shape index (κ3) is 14.6. The van der Waals surface area contributed by atoms with Gasteiger partial charge in [0, 0.05) is 23.6 Å². The molecule has 6 aromatic rings. The Hall–Kier alpha value is -2.90. The second-order valence-corrected chi connectivity index (χ2v) is 20.2. The summed E-state index contributed by atoms with van der Waals surface area (Å²) in [5.41, 5.74) is 0.825. The van der Waals surface area contributed by atoms with Gasteiger partial charge in [-0.25, -0.2) is 0 Å². The summed E-state index contributed by atoms with van der Waals surface area (Å²) in [6.07, 6.45) is 3.39. The second kappa shape index (κ2) is 24.7. The molecule has 0 aliphatic heterocycles. The van der Waals surface area contributed by atoms with Crippen molar-refractivity contribution >= 4 is 72.0 Å². The van der Waals surface area contributed by atoms with Gasteiger partial charge in [-0.3, -0.25) is 9.98 Å². The van der Waals surface area contributed by atoms with E-state index in [-0.39, 0.29) is 80.9 Å². The van der Waals surface area contributed by atoms with Crippen molar-refractivity contribution in [1.82, 2.24) is 0 Å². The number of aliphatic imine (C=N–C) groups is 2. The van der Waals surface area contributed by atoms with Crippen molar-refractivity contribution < 1.29 is 101 Å². The first-order valence-corrected chi connectivity index (χ1v) is 21.9. The molecule has 0 saturated heterocycles. The van der Waals surface area contributed by atoms with Crippen LogP contribution >= 0.6 is 15.8 Å². The van der Waals surface area contributed by atoms with Crippen molar-refractivity contribution in [2.24, 2.45) is 20.8 Å². The second-order valence-electron chi connectivity index (χ2n) is 15.9. The van der Waals surface area contributed by atoms with Crippen molar-refractivity contribution in [3.8, 4) is 0 Å². The number of aliphatic carboxylic acids is 2. The molecule has 0 fully saturated rings. The number of hydrogen-bond donors (Lipinski definition) is 0. The Labute approximate surface area is 423 Å². The maximum Gasteiger partial charge on any atom is 1.00 e. The van der Waals surface area contributed by atoms with Gasteiger partial charge in [0.25, 0.3) is 0 Å². The summed E-state index contributed by atoms with van der Waals surface area (Å²) < 4.78 is 0. The summed E-state index contributed by atoms with van der Waals surface area (Å²) in [4.78, 5) is 32.1. The van der Waals surface area contributed by atoms with Crippen LogP contribution in [0.1, 0.15) is 52.7 Å². The van der Waals surface area contributed by atoms with E-state index in [4.69, 9.17) is 0 Å². The Morgan fingerprint density at radius 3 is 0.917 bits per heavy atom. The topological polar surface area (TPSA) is 105 Å². The van der Waals surface area contributed by atoms with Crippen molar-refractivity contribution in [1.29, 1.82) is 0 Å². The van der Waals surface area contributed by atoms with Crippen LogP contribution in [-0.2, 0) is 9.59 Å². The van der Waals surface area contributed by atoms with Crippen LogP contribution in [0.3, 0.4) is 0 Å². The Morgan fingerprint density at radius 2 is 0.683 bits per heavy atom. The van der Waals surface area contributed by atoms with Crippen LogP contribution < -0.4 is 123 Å². The van der Waals surface area contributed by atoms with Crippen molar-refractivity contribution in [2.75, 3.05) is 0 Å². The number of benzene rings is 6. The fourth-order valence-electron chi connectivity index (χ4n) is 6.35. The molecule has 6 nitrogen and oxygen atoms in total. The molecule has 0 radical (unpaired) electrons. The van der Waals surface area contributed by atoms with Gasteiger partial charge < -0.3 is 19.8 Å². The number of hydrogen-bond acceptors (Lipinski definition) is 6. The third-order valence-corrected chi connectivity index (χ3v) is 14.3. The fourth-order valence-corrected chi connectivity index (χ4v) is 11.2. The van der Waals surface area contributed by atoms with Gasteiger partial charge in [0.1, 0.15) is 0 Å². The molecule has 0 N–H and O–H groups in total. The molecule has 0 aromatic heterocycles. The average Bonchev–Trinajstić information content (AvgIpc) is 3.20. The van der Waals surface area contributed by atoms with Crippen LogP contribution in [0.25, 0.3) is 0 Å². The van der Waals surface area contributed by atoms with Crippen LogP contribution in [0, 0.1) is 10.8 Å². The zero-order valence-corrected chi connectivity index (χ0v) is 42.8. The van der Waals surface area contributed by atoms with Gasteiger partial charge in [-0.1, -0.05) is 211 Å². The van der Waals surface area contributed by atoms with Crippen LogP contribution in [-0.4, -0.2) is 36.5 Å². The first kappa shape index (κ1) is 51.4. The van der Waals surface area contributed by atoms with E-state index in [2.05, 4.69) is 119 Å². The summed E-state index contributed by atoms with van der Waals surface area (Å²) in [5.74, 6) is -2.31. The zero-order chi connectivity index (χ0) is 41.7. The number of carbonyl (C=O) groups excluding carboxylic acids is 2. The SMILES string of the molecule is CC(C)(C)[C@H](N=Cc1ccccc1P(c1ccccc1)c1ccccc1)C(=O)[O-].CC(C)(C)[C@H](N=Cc1ccccc1P(c1ccccc1)c1ccccc1)C(=O)[O-].[K+].[Na+]. The Kier molecular flexibility index (Phi) is 21.1. The molecule has 6 rings (SSSR count). The molecule has 6 aromatic carbocycles. The molecular formula is C50H50KN2NaO4P2. The Morgan fingerprint density at radius 1 is 0.450 bits per heavy atom. The quantitative estimate of drug-likeness (QED) is 0.0988. The first-order chi connectivity index (χ1) is 27.8. The summed E-state index contributed by atoms with van der Waals surface area (Å²) in [5, 5.41) is 30.5. The van der Waals surface area contributed by atoms with E-state index in [0.717, 1.165) is 21.7 Å². The molecular weight excluding hydrogens is 817 g/mol. The molecule has 0 aliphatic rings. The minimum atomic E-state index is -1.15. The molecule has 0 aliphatic carbocycles. The largest absolute Gasteiger partial charge is 1.00 e. The van der Waals surface area contributed by atoms with Gasteiger partial charge in [0.2, 0.25) is 0 Å². The summed E-state index contributed by atoms with van der Waals surface area (Å²) in [6, 6.07) is 56.0. The third-order valence-electron chi connectivity index (χ3n) is 9.23. The van der Waals surface area contributed by atoms with Crippen LogP contribution in [0.2, 0.25) is 0 Å². The van der Waals surface area contributed by atoms with Crippen molar-refractivity contribution in [3.63, 3.8) is 0 Å². The Bertz CT molecular complexity index is 2060. The molecule has 296 valence electrons. The molecule has 0 heterocycles. The molecule has 10 heteroatoms. The van der Waals surface area contributed by atoms with E-state index in [0.29, 0.717) is 0 Å². The number of carboxylic acid groups (broad SMARTS) is 2. The standard InChI is InChI=1S/2C25H26NO2P.K.Na/c2*1-25(2,3)23(24(27)28)26-18-19-12-10-11-17-22(19)29(20-13-6-4-7-14-20)21-15-8-5-9-16-21;;/h2*4-18,23H,1-3H3,(H,27,28);;/q;;2*+1/p-2/t2*23-;;/m11../s1. The molecule has 0 spiro atoms. The fraction of sp³-hybridized carbons (Fsp3) is 0.200. The summed E-state index contributed by atoms with van der Waals surface area (Å²) >= 11 is 0. The number of rotatable bonds is 12. The molecule has 60 heavy (non-hydrogen) atoms. The molecule has 0 unspecified atom stereocenters. The van der Waals surface area contributed by atoms with Gasteiger partial charge in [0.15, 0.2) is 0 Å². The maximum atomic E-state index is 11.6. The number of carboxylic acids is 2. The smallest absolute Gasteiger partial charge is 0.548 e. The van der Waals surface area contributed by atoms with Gasteiger partial charge in [-0.15, -0.1) is 0 Å². The van der Waals surface area contributed by atoms with Crippen molar-refractivity contribution in [3.05, 3.63) is 181 Å². The minimum absolute atomic E-state index is 0. The first-order valence-electron chi connectivity index (χ1n) is 19.2. The summed E-state index contributed by atoms with van der Waals surface area (Å²) in [6.45, 7) is 11.2. The summed E-state index contributed by atoms with van der Waals surface area (Å²) in [7, 11) is -1.59. The predicted octanol–water partition coefficient (Wildman–Crippen LogP) is 0.0646. The van der Waals surface area contributed by atoms with E-state index in [1.54, 1.807) is 12.4 Å². The normalized spacial score (nSPS) is 12.5. The maximum absolute atomic E-state index is 11.6. The molecule has 0 amide bonds. The van der Waals surface area contributed by atoms with E-state index in [1.165, 1.54) is 21.2 Å². The molecule has 2 atom stereocenters. The monoisotopic (exact) mass is 866 g/mol. The predicted molar refractivity (Wildman–Crippen MR) is 242 cm³/mol. The number of carbonyl (C=O) groups is 2. The van der Waals surface area contributed by atoms with Crippen molar-refractivity contribution in [2.45, 2.75) is 53.6 Å². The van der Waals surface area contributed by atoms with E-state index < -0.39 is 50.7 Å². The van der Waals surface area contributed by atoms with Gasteiger partial charge in [-0.05, 0) is 58.5 Å². The Balaban J connectivity index is 0.000000310. The molecule has 0 bridgehead atoms. The van der Waals surface area contributed by atoms with Crippen LogP contribution in [0.15, 0.2) is 180 Å². The average molecular weight is 867 g/mol. The molecule has 0 saturated carbocycles.